The van der Waals surface area contributed by atoms with Gasteiger partial charge in [-0.1, -0.05) is 0 Å². The lowest BCUT2D eigenvalue weighted by molar-refractivity contribution is -0.115. The third-order valence-corrected chi connectivity index (χ3v) is 1.54. The standard InChI is InChI=1S/C8H10N4O4/c1-3(13)9-5-6(10-4(2)14)11-8(16)12-7(5)15/h1-2H3,(H,9,13)(H3,10,11,12,14,15,16). The van der Waals surface area contributed by atoms with Crippen LogP contribution in [-0.2, 0) is 9.59 Å². The zero-order chi connectivity index (χ0) is 12.3. The third kappa shape index (κ3) is 2.80. The van der Waals surface area contributed by atoms with Gasteiger partial charge in [0.05, 0.1) is 0 Å². The number of aromatic nitrogens is 2. The molecule has 0 saturated carbocycles. The molecule has 8 heteroatoms. The monoisotopic (exact) mass is 226 g/mol. The number of anilines is 2. The molecule has 1 rings (SSSR count). The average molecular weight is 226 g/mol. The summed E-state index contributed by atoms with van der Waals surface area (Å²) in [6, 6.07) is 0. The second kappa shape index (κ2) is 4.43. The normalized spacial score (nSPS) is 9.62. The molecular formula is C8H10N4O4. The molecule has 0 fully saturated rings. The van der Waals surface area contributed by atoms with Crippen molar-refractivity contribution in [2.24, 2.45) is 0 Å². The third-order valence-electron chi connectivity index (χ3n) is 1.54. The van der Waals surface area contributed by atoms with Crippen molar-refractivity contribution in [2.45, 2.75) is 13.8 Å². The van der Waals surface area contributed by atoms with Crippen molar-refractivity contribution in [2.75, 3.05) is 10.6 Å². The molecule has 1 aromatic rings. The Morgan fingerprint density at radius 1 is 1.00 bits per heavy atom. The molecule has 0 atom stereocenters. The Kier molecular flexibility index (Phi) is 3.24. The molecule has 0 radical (unpaired) electrons. The molecule has 0 spiro atoms. The largest absolute Gasteiger partial charge is 0.327 e. The molecule has 8 nitrogen and oxygen atoms in total. The predicted octanol–water partition coefficient (Wildman–Crippen LogP) is -1.02. The Morgan fingerprint density at radius 3 is 2.06 bits per heavy atom. The van der Waals surface area contributed by atoms with Crippen LogP contribution in [0.3, 0.4) is 0 Å². The number of carbonyl (C=O) groups excluding carboxylic acids is 2. The number of hydrogen-bond donors (Lipinski definition) is 4. The topological polar surface area (TPSA) is 124 Å². The molecule has 0 aliphatic rings. The van der Waals surface area contributed by atoms with Gasteiger partial charge in [-0.15, -0.1) is 0 Å². The Hall–Kier alpha value is -2.38. The summed E-state index contributed by atoms with van der Waals surface area (Å²) in [5, 5.41) is 4.44. The smallest absolute Gasteiger partial charge is 0.319 e. The molecule has 0 saturated heterocycles. The summed E-state index contributed by atoms with van der Waals surface area (Å²) >= 11 is 0. The fourth-order valence-electron chi connectivity index (χ4n) is 1.05. The number of hydrogen-bond acceptors (Lipinski definition) is 4. The number of rotatable bonds is 2. The zero-order valence-electron chi connectivity index (χ0n) is 8.63. The summed E-state index contributed by atoms with van der Waals surface area (Å²) in [5.74, 6) is -1.12. The average Bonchev–Trinajstić information content (AvgIpc) is 2.09. The highest BCUT2D eigenvalue weighted by Gasteiger charge is 2.11. The lowest BCUT2D eigenvalue weighted by Gasteiger charge is -2.07. The van der Waals surface area contributed by atoms with E-state index >= 15 is 0 Å². The SMILES string of the molecule is CC(=O)Nc1[nH]c(=O)[nH]c(=O)c1NC(C)=O. The number of amides is 2. The van der Waals surface area contributed by atoms with Gasteiger partial charge in [-0.2, -0.15) is 0 Å². The minimum Gasteiger partial charge on any atom is -0.319 e. The summed E-state index contributed by atoms with van der Waals surface area (Å²) < 4.78 is 0. The summed E-state index contributed by atoms with van der Waals surface area (Å²) in [6.45, 7) is 2.40. The Balaban J connectivity index is 3.31. The Bertz CT molecular complexity index is 542. The fourth-order valence-corrected chi connectivity index (χ4v) is 1.05. The van der Waals surface area contributed by atoms with Crippen LogP contribution in [0.4, 0.5) is 11.5 Å². The molecule has 4 N–H and O–H groups in total. The van der Waals surface area contributed by atoms with E-state index in [1.54, 1.807) is 0 Å². The van der Waals surface area contributed by atoms with E-state index < -0.39 is 23.1 Å². The van der Waals surface area contributed by atoms with Crippen LogP contribution in [0.15, 0.2) is 9.59 Å². The van der Waals surface area contributed by atoms with Crippen molar-refractivity contribution in [1.82, 2.24) is 9.97 Å². The maximum Gasteiger partial charge on any atom is 0.327 e. The van der Waals surface area contributed by atoms with E-state index in [4.69, 9.17) is 0 Å². The van der Waals surface area contributed by atoms with Crippen molar-refractivity contribution < 1.29 is 9.59 Å². The molecule has 1 aromatic heterocycles. The predicted molar refractivity (Wildman–Crippen MR) is 56.3 cm³/mol. The number of aromatic amines is 2. The van der Waals surface area contributed by atoms with Crippen LogP contribution in [0, 0.1) is 0 Å². The van der Waals surface area contributed by atoms with Gasteiger partial charge >= 0.3 is 5.69 Å². The van der Waals surface area contributed by atoms with Crippen LogP contribution in [0.25, 0.3) is 0 Å². The van der Waals surface area contributed by atoms with Crippen LogP contribution in [0.1, 0.15) is 13.8 Å². The van der Waals surface area contributed by atoms with Gasteiger partial charge in [-0.05, 0) is 0 Å². The molecular weight excluding hydrogens is 216 g/mol. The molecule has 0 aromatic carbocycles. The van der Waals surface area contributed by atoms with Gasteiger partial charge < -0.3 is 10.6 Å². The molecule has 86 valence electrons. The van der Waals surface area contributed by atoms with Gasteiger partial charge in [0.15, 0.2) is 0 Å². The van der Waals surface area contributed by atoms with E-state index in [-0.39, 0.29) is 11.5 Å². The van der Waals surface area contributed by atoms with Gasteiger partial charge in [-0.3, -0.25) is 24.4 Å². The highest BCUT2D eigenvalue weighted by molar-refractivity contribution is 5.96. The van der Waals surface area contributed by atoms with E-state index in [0.29, 0.717) is 0 Å². The van der Waals surface area contributed by atoms with Crippen molar-refractivity contribution in [1.29, 1.82) is 0 Å². The second-order valence-electron chi connectivity index (χ2n) is 3.02. The van der Waals surface area contributed by atoms with Crippen LogP contribution in [0.2, 0.25) is 0 Å². The molecule has 0 aliphatic carbocycles. The van der Waals surface area contributed by atoms with E-state index in [0.717, 1.165) is 0 Å². The molecule has 2 amide bonds. The van der Waals surface area contributed by atoms with Crippen molar-refractivity contribution in [3.8, 4) is 0 Å². The van der Waals surface area contributed by atoms with Crippen LogP contribution >= 0.6 is 0 Å². The zero-order valence-corrected chi connectivity index (χ0v) is 8.63. The minimum atomic E-state index is -0.789. The quantitative estimate of drug-likeness (QED) is 0.515. The van der Waals surface area contributed by atoms with Gasteiger partial charge in [0.1, 0.15) is 11.5 Å². The number of nitrogens with one attached hydrogen (secondary N) is 4. The van der Waals surface area contributed by atoms with E-state index in [1.165, 1.54) is 13.8 Å². The second-order valence-corrected chi connectivity index (χ2v) is 3.02. The van der Waals surface area contributed by atoms with E-state index in [9.17, 15) is 19.2 Å². The molecule has 16 heavy (non-hydrogen) atoms. The van der Waals surface area contributed by atoms with Crippen molar-refractivity contribution >= 4 is 23.3 Å². The minimum absolute atomic E-state index is 0.142. The van der Waals surface area contributed by atoms with Gasteiger partial charge in [-0.25, -0.2) is 4.79 Å². The molecule has 0 unspecified atom stereocenters. The summed E-state index contributed by atoms with van der Waals surface area (Å²) in [5.41, 5.74) is -1.77. The van der Waals surface area contributed by atoms with Gasteiger partial charge in [0.25, 0.3) is 5.56 Å². The lowest BCUT2D eigenvalue weighted by Crippen LogP contribution is -2.29. The van der Waals surface area contributed by atoms with Crippen LogP contribution < -0.4 is 21.9 Å². The molecule has 1 heterocycles. The maximum absolute atomic E-state index is 11.3. The van der Waals surface area contributed by atoms with Crippen LogP contribution in [-0.4, -0.2) is 21.8 Å². The van der Waals surface area contributed by atoms with E-state index in [1.807, 2.05) is 4.98 Å². The van der Waals surface area contributed by atoms with Crippen LogP contribution in [0.5, 0.6) is 0 Å². The van der Waals surface area contributed by atoms with Crippen molar-refractivity contribution in [3.05, 3.63) is 20.8 Å². The highest BCUT2D eigenvalue weighted by Crippen LogP contribution is 2.10. The summed E-state index contributed by atoms with van der Waals surface area (Å²) in [6.07, 6.45) is 0. The summed E-state index contributed by atoms with van der Waals surface area (Å²) in [7, 11) is 0. The van der Waals surface area contributed by atoms with Gasteiger partial charge in [0, 0.05) is 13.8 Å². The fraction of sp³-hybridized carbons (Fsp3) is 0.250. The number of carbonyl (C=O) groups is 2. The number of H-pyrrole nitrogens is 2. The Morgan fingerprint density at radius 2 is 1.56 bits per heavy atom. The summed E-state index contributed by atoms with van der Waals surface area (Å²) in [4.78, 5) is 48.0. The van der Waals surface area contributed by atoms with E-state index in [2.05, 4.69) is 15.6 Å². The first-order chi connectivity index (χ1) is 7.40. The Labute approximate surface area is 89.1 Å². The highest BCUT2D eigenvalue weighted by atomic mass is 16.2. The first-order valence-corrected chi connectivity index (χ1v) is 4.32. The van der Waals surface area contributed by atoms with Gasteiger partial charge in [0.2, 0.25) is 11.8 Å². The molecule has 0 bridgehead atoms. The van der Waals surface area contributed by atoms with Crippen molar-refractivity contribution in [3.63, 3.8) is 0 Å². The maximum atomic E-state index is 11.3. The first kappa shape index (κ1) is 11.7. The lowest BCUT2D eigenvalue weighted by atomic mass is 10.4. The molecule has 0 aliphatic heterocycles. The first-order valence-electron chi connectivity index (χ1n) is 4.32.